The van der Waals surface area contributed by atoms with Crippen LogP contribution >= 0.6 is 0 Å². The van der Waals surface area contributed by atoms with Crippen LogP contribution in [0.4, 0.5) is 4.79 Å². The van der Waals surface area contributed by atoms with Gasteiger partial charge in [0.25, 0.3) is 0 Å². The molecule has 0 aliphatic carbocycles. The Bertz CT molecular complexity index is 271. The lowest BCUT2D eigenvalue weighted by atomic mass is 10.2. The van der Waals surface area contributed by atoms with E-state index in [-0.39, 0.29) is 12.1 Å². The molecular formula is C10H18N4O. The highest BCUT2D eigenvalue weighted by Crippen LogP contribution is 2.14. The van der Waals surface area contributed by atoms with Crippen molar-refractivity contribution in [1.29, 1.82) is 0 Å². The van der Waals surface area contributed by atoms with Gasteiger partial charge >= 0.3 is 6.03 Å². The van der Waals surface area contributed by atoms with Gasteiger partial charge in [0.05, 0.1) is 6.04 Å². The molecule has 5 nitrogen and oxygen atoms in total. The Kier molecular flexibility index (Phi) is 2.90. The molecule has 1 unspecified atom stereocenters. The third-order valence-electron chi connectivity index (χ3n) is 3.04. The van der Waals surface area contributed by atoms with Gasteiger partial charge in [0, 0.05) is 38.8 Å². The lowest BCUT2D eigenvalue weighted by Crippen LogP contribution is -2.51. The summed E-state index contributed by atoms with van der Waals surface area (Å²) in [5.41, 5.74) is 0. The van der Waals surface area contributed by atoms with Gasteiger partial charge in [0.1, 0.15) is 0 Å². The molecule has 0 N–H and O–H groups in total. The van der Waals surface area contributed by atoms with Crippen LogP contribution in [0.3, 0.4) is 0 Å². The molecule has 15 heavy (non-hydrogen) atoms. The van der Waals surface area contributed by atoms with Gasteiger partial charge in [-0.05, 0) is 14.0 Å². The third-order valence-corrected chi connectivity index (χ3v) is 3.04. The van der Waals surface area contributed by atoms with Crippen LogP contribution in [0.1, 0.15) is 13.3 Å². The monoisotopic (exact) mass is 210 g/mol. The van der Waals surface area contributed by atoms with Crippen LogP contribution < -0.4 is 0 Å². The SMILES string of the molecule is CC1CC=NN1C(=O)N1CCN(C)CC1. The molecule has 0 saturated carbocycles. The highest BCUT2D eigenvalue weighted by atomic mass is 16.2. The maximum atomic E-state index is 12.0. The maximum absolute atomic E-state index is 12.0. The zero-order chi connectivity index (χ0) is 10.8. The quantitative estimate of drug-likeness (QED) is 0.582. The van der Waals surface area contributed by atoms with E-state index in [4.69, 9.17) is 0 Å². The van der Waals surface area contributed by atoms with Crippen LogP contribution in [0.5, 0.6) is 0 Å². The number of piperazine rings is 1. The van der Waals surface area contributed by atoms with Crippen LogP contribution in [-0.2, 0) is 0 Å². The van der Waals surface area contributed by atoms with E-state index in [0.29, 0.717) is 0 Å². The first-order valence-electron chi connectivity index (χ1n) is 5.47. The number of carbonyl (C=O) groups excluding carboxylic acids is 1. The largest absolute Gasteiger partial charge is 0.340 e. The summed E-state index contributed by atoms with van der Waals surface area (Å²) in [6.45, 7) is 5.57. The molecule has 2 rings (SSSR count). The second kappa shape index (κ2) is 4.18. The normalized spacial score (nSPS) is 27.5. The summed E-state index contributed by atoms with van der Waals surface area (Å²) in [6, 6.07) is 0.279. The number of hydrazone groups is 1. The van der Waals surface area contributed by atoms with Crippen molar-refractivity contribution in [3.05, 3.63) is 0 Å². The van der Waals surface area contributed by atoms with Gasteiger partial charge in [-0.3, -0.25) is 0 Å². The van der Waals surface area contributed by atoms with Gasteiger partial charge in [-0.2, -0.15) is 5.10 Å². The van der Waals surface area contributed by atoms with Crippen LogP contribution in [0.25, 0.3) is 0 Å². The summed E-state index contributed by atoms with van der Waals surface area (Å²) in [5.74, 6) is 0. The molecule has 2 aliphatic rings. The number of likely N-dealkylation sites (N-methyl/N-ethyl adjacent to an activating group) is 1. The molecule has 0 bridgehead atoms. The molecule has 1 atom stereocenters. The van der Waals surface area contributed by atoms with Crippen LogP contribution in [0, 0.1) is 0 Å². The zero-order valence-corrected chi connectivity index (χ0v) is 9.39. The average Bonchev–Trinajstić information content (AvgIpc) is 2.65. The molecule has 5 heteroatoms. The van der Waals surface area contributed by atoms with Gasteiger partial charge < -0.3 is 9.80 Å². The van der Waals surface area contributed by atoms with Crippen LogP contribution in [0.2, 0.25) is 0 Å². The maximum Gasteiger partial charge on any atom is 0.340 e. The van der Waals surface area contributed by atoms with E-state index in [1.54, 1.807) is 5.01 Å². The minimum Gasteiger partial charge on any atom is -0.321 e. The summed E-state index contributed by atoms with van der Waals surface area (Å²) in [6.07, 6.45) is 2.69. The molecule has 1 saturated heterocycles. The second-order valence-corrected chi connectivity index (χ2v) is 4.30. The van der Waals surface area contributed by atoms with E-state index in [9.17, 15) is 4.79 Å². The Morgan fingerprint density at radius 1 is 1.33 bits per heavy atom. The topological polar surface area (TPSA) is 39.2 Å². The Morgan fingerprint density at radius 2 is 2.00 bits per heavy atom. The summed E-state index contributed by atoms with van der Waals surface area (Å²) in [7, 11) is 2.08. The number of hydrogen-bond acceptors (Lipinski definition) is 3. The fourth-order valence-corrected chi connectivity index (χ4v) is 1.88. The Balaban J connectivity index is 1.93. The average molecular weight is 210 g/mol. The molecule has 0 radical (unpaired) electrons. The Labute approximate surface area is 90.3 Å². The smallest absolute Gasteiger partial charge is 0.321 e. The van der Waals surface area contributed by atoms with E-state index < -0.39 is 0 Å². The van der Waals surface area contributed by atoms with Gasteiger partial charge in [0.15, 0.2) is 0 Å². The van der Waals surface area contributed by atoms with E-state index in [1.165, 1.54) is 0 Å². The van der Waals surface area contributed by atoms with Gasteiger partial charge in [-0.1, -0.05) is 0 Å². The molecule has 2 aliphatic heterocycles. The van der Waals surface area contributed by atoms with Crippen molar-refractivity contribution in [1.82, 2.24) is 14.8 Å². The first-order chi connectivity index (χ1) is 7.18. The number of nitrogens with zero attached hydrogens (tertiary/aromatic N) is 4. The van der Waals surface area contributed by atoms with Crippen molar-refractivity contribution in [2.45, 2.75) is 19.4 Å². The molecule has 0 aromatic carbocycles. The fraction of sp³-hybridized carbons (Fsp3) is 0.800. The number of urea groups is 1. The lowest BCUT2D eigenvalue weighted by molar-refractivity contribution is 0.117. The summed E-state index contributed by atoms with van der Waals surface area (Å²) >= 11 is 0. The zero-order valence-electron chi connectivity index (χ0n) is 9.39. The third kappa shape index (κ3) is 2.12. The van der Waals surface area contributed by atoms with Crippen molar-refractivity contribution in [2.75, 3.05) is 33.2 Å². The molecule has 84 valence electrons. The van der Waals surface area contributed by atoms with Crippen molar-refractivity contribution in [3.63, 3.8) is 0 Å². The minimum absolute atomic E-state index is 0.0596. The fourth-order valence-electron chi connectivity index (χ4n) is 1.88. The standard InChI is InChI=1S/C10H18N4O/c1-9-3-4-11-14(9)10(15)13-7-5-12(2)6-8-13/h4,9H,3,5-8H2,1-2H3. The van der Waals surface area contributed by atoms with E-state index in [2.05, 4.69) is 17.0 Å². The first-order valence-corrected chi connectivity index (χ1v) is 5.47. The highest BCUT2D eigenvalue weighted by Gasteiger charge is 2.28. The molecule has 2 amide bonds. The predicted molar refractivity (Wildman–Crippen MR) is 58.9 cm³/mol. The summed E-state index contributed by atoms with van der Waals surface area (Å²) in [5, 5.41) is 5.72. The van der Waals surface area contributed by atoms with Crippen molar-refractivity contribution >= 4 is 12.2 Å². The first kappa shape index (κ1) is 10.4. The van der Waals surface area contributed by atoms with Crippen LogP contribution in [-0.4, -0.2) is 66.3 Å². The van der Waals surface area contributed by atoms with Crippen LogP contribution in [0.15, 0.2) is 5.10 Å². The molecule has 0 aromatic rings. The summed E-state index contributed by atoms with van der Waals surface area (Å²) in [4.78, 5) is 16.2. The molecule has 2 heterocycles. The Morgan fingerprint density at radius 3 is 2.53 bits per heavy atom. The number of rotatable bonds is 0. The predicted octanol–water partition coefficient (Wildman–Crippen LogP) is 0.434. The number of carbonyl (C=O) groups is 1. The number of hydrogen-bond donors (Lipinski definition) is 0. The molecule has 1 fully saturated rings. The van der Waals surface area contributed by atoms with Gasteiger partial charge in [0.2, 0.25) is 0 Å². The Hall–Kier alpha value is -1.10. The van der Waals surface area contributed by atoms with E-state index >= 15 is 0 Å². The van der Waals surface area contributed by atoms with E-state index in [1.807, 2.05) is 18.0 Å². The van der Waals surface area contributed by atoms with Crippen molar-refractivity contribution in [2.24, 2.45) is 5.10 Å². The highest BCUT2D eigenvalue weighted by molar-refractivity contribution is 5.78. The van der Waals surface area contributed by atoms with Gasteiger partial charge in [-0.25, -0.2) is 9.80 Å². The molecular weight excluding hydrogens is 192 g/mol. The van der Waals surface area contributed by atoms with Gasteiger partial charge in [-0.15, -0.1) is 0 Å². The van der Waals surface area contributed by atoms with E-state index in [0.717, 1.165) is 32.6 Å². The van der Waals surface area contributed by atoms with Crippen molar-refractivity contribution in [3.8, 4) is 0 Å². The van der Waals surface area contributed by atoms with Crippen molar-refractivity contribution < 1.29 is 4.79 Å². The number of amides is 2. The molecule has 0 aromatic heterocycles. The minimum atomic E-state index is 0.0596. The lowest BCUT2D eigenvalue weighted by Gasteiger charge is -2.34. The summed E-state index contributed by atoms with van der Waals surface area (Å²) < 4.78 is 0. The second-order valence-electron chi connectivity index (χ2n) is 4.30. The molecule has 0 spiro atoms.